The van der Waals surface area contributed by atoms with Crippen molar-refractivity contribution in [2.75, 3.05) is 13.2 Å². The van der Waals surface area contributed by atoms with E-state index in [4.69, 9.17) is 14.2 Å². The molecule has 0 aromatic heterocycles. The van der Waals surface area contributed by atoms with Crippen molar-refractivity contribution >= 4 is 17.9 Å². The first-order valence-corrected chi connectivity index (χ1v) is 32.6. The standard InChI is InChI=1S/C68H124O6/c1-4-7-10-13-16-19-21-23-25-27-29-31-32-33-34-35-36-38-39-41-43-45-47-49-52-55-58-61-67(70)73-64-65(63-72-66(69)60-57-54-51-18-15-12-9-6-3)74-68(71)62-59-56-53-50-48-46-44-42-40-37-30-28-26-24-22-20-17-14-11-8-5-2/h21-24,27-30,65H,4-20,25-26,31-64H2,1-3H3/b23-21-,24-22-,29-27-,30-28-. The molecule has 0 saturated carbocycles. The predicted octanol–water partition coefficient (Wildman–Crippen LogP) is 22.2. The SMILES string of the molecule is CCCCCCC/C=C\C/C=C\CCCCCCCCCCCCCCCCCC(=O)OCC(COC(=O)CCCCCCCCCC)OC(=O)CCCCCCCCCCC/C=C\C/C=C\CCCCCCC. The van der Waals surface area contributed by atoms with Crippen molar-refractivity contribution in [2.24, 2.45) is 0 Å². The van der Waals surface area contributed by atoms with E-state index < -0.39 is 6.10 Å². The molecule has 0 saturated heterocycles. The van der Waals surface area contributed by atoms with E-state index in [1.54, 1.807) is 0 Å². The molecular weight excluding hydrogens is 913 g/mol. The molecule has 1 atom stereocenters. The maximum absolute atomic E-state index is 12.9. The van der Waals surface area contributed by atoms with E-state index in [0.29, 0.717) is 19.3 Å². The van der Waals surface area contributed by atoms with Crippen LogP contribution < -0.4 is 0 Å². The number of ether oxygens (including phenoxy) is 3. The van der Waals surface area contributed by atoms with Gasteiger partial charge in [0.1, 0.15) is 13.2 Å². The Kier molecular flexibility index (Phi) is 60.7. The molecule has 1 unspecified atom stereocenters. The van der Waals surface area contributed by atoms with Crippen LogP contribution in [0.25, 0.3) is 0 Å². The topological polar surface area (TPSA) is 78.9 Å². The summed E-state index contributed by atoms with van der Waals surface area (Å²) < 4.78 is 16.9. The number of rotatable bonds is 60. The second kappa shape index (κ2) is 62.9. The molecule has 74 heavy (non-hydrogen) atoms. The van der Waals surface area contributed by atoms with Crippen LogP contribution in [0.15, 0.2) is 48.6 Å². The van der Waals surface area contributed by atoms with Gasteiger partial charge in [-0.25, -0.2) is 0 Å². The van der Waals surface area contributed by atoms with Crippen LogP contribution in [-0.2, 0) is 28.6 Å². The van der Waals surface area contributed by atoms with E-state index in [0.717, 1.165) is 70.6 Å². The van der Waals surface area contributed by atoms with E-state index in [1.165, 1.54) is 238 Å². The Bertz CT molecular complexity index is 1280. The highest BCUT2D eigenvalue weighted by molar-refractivity contribution is 5.71. The molecule has 0 spiro atoms. The first-order chi connectivity index (χ1) is 36.5. The van der Waals surface area contributed by atoms with Gasteiger partial charge in [0.15, 0.2) is 6.10 Å². The van der Waals surface area contributed by atoms with E-state index >= 15 is 0 Å². The molecule has 0 amide bonds. The van der Waals surface area contributed by atoms with Crippen LogP contribution in [0.2, 0.25) is 0 Å². The van der Waals surface area contributed by atoms with E-state index in [-0.39, 0.29) is 31.1 Å². The van der Waals surface area contributed by atoms with Gasteiger partial charge in [0.25, 0.3) is 0 Å². The van der Waals surface area contributed by atoms with E-state index in [1.807, 2.05) is 0 Å². The average molecular weight is 1040 g/mol. The van der Waals surface area contributed by atoms with Gasteiger partial charge in [-0.15, -0.1) is 0 Å². The van der Waals surface area contributed by atoms with Gasteiger partial charge in [-0.2, -0.15) is 0 Å². The lowest BCUT2D eigenvalue weighted by Gasteiger charge is -2.18. The van der Waals surface area contributed by atoms with Gasteiger partial charge in [-0.05, 0) is 83.5 Å². The highest BCUT2D eigenvalue weighted by Gasteiger charge is 2.19. The van der Waals surface area contributed by atoms with Gasteiger partial charge in [0.2, 0.25) is 0 Å². The molecule has 0 aliphatic rings. The van der Waals surface area contributed by atoms with Crippen LogP contribution >= 0.6 is 0 Å². The summed E-state index contributed by atoms with van der Waals surface area (Å²) in [6, 6.07) is 0. The third-order valence-electron chi connectivity index (χ3n) is 14.6. The minimum Gasteiger partial charge on any atom is -0.462 e. The van der Waals surface area contributed by atoms with Crippen molar-refractivity contribution < 1.29 is 28.6 Å². The Morgan fingerprint density at radius 1 is 0.270 bits per heavy atom. The molecule has 0 N–H and O–H groups in total. The Hall–Kier alpha value is -2.63. The normalized spacial score (nSPS) is 12.3. The third-order valence-corrected chi connectivity index (χ3v) is 14.6. The average Bonchev–Trinajstić information content (AvgIpc) is 3.40. The minimum atomic E-state index is -0.772. The summed E-state index contributed by atoms with van der Waals surface area (Å²) in [6.07, 6.45) is 78.5. The van der Waals surface area contributed by atoms with E-state index in [9.17, 15) is 14.4 Å². The molecule has 432 valence electrons. The van der Waals surface area contributed by atoms with Crippen LogP contribution in [0.5, 0.6) is 0 Å². The fraction of sp³-hybridized carbons (Fsp3) is 0.838. The van der Waals surface area contributed by atoms with Crippen molar-refractivity contribution in [3.8, 4) is 0 Å². The Balaban J connectivity index is 4.12. The number of hydrogen-bond acceptors (Lipinski definition) is 6. The summed E-state index contributed by atoms with van der Waals surface area (Å²) in [6.45, 7) is 6.63. The van der Waals surface area contributed by atoms with Crippen molar-refractivity contribution in [3.63, 3.8) is 0 Å². The van der Waals surface area contributed by atoms with Crippen molar-refractivity contribution in [3.05, 3.63) is 48.6 Å². The minimum absolute atomic E-state index is 0.0712. The molecule has 0 aromatic carbocycles. The number of unbranched alkanes of at least 4 members (excludes halogenated alkanes) is 41. The van der Waals surface area contributed by atoms with Crippen LogP contribution in [0.4, 0.5) is 0 Å². The number of carbonyl (C=O) groups is 3. The zero-order valence-corrected chi connectivity index (χ0v) is 49.6. The maximum atomic E-state index is 12.9. The van der Waals surface area contributed by atoms with Gasteiger partial charge in [0, 0.05) is 19.3 Å². The second-order valence-corrected chi connectivity index (χ2v) is 22.0. The Labute approximate surface area is 460 Å². The molecule has 0 rings (SSSR count). The Morgan fingerprint density at radius 2 is 0.486 bits per heavy atom. The van der Waals surface area contributed by atoms with Gasteiger partial charge in [-0.3, -0.25) is 14.4 Å². The lowest BCUT2D eigenvalue weighted by Crippen LogP contribution is -2.30. The summed E-state index contributed by atoms with van der Waals surface area (Å²) in [5.41, 5.74) is 0. The summed E-state index contributed by atoms with van der Waals surface area (Å²) >= 11 is 0. The molecule has 0 aliphatic heterocycles. The molecule has 0 heterocycles. The summed E-state index contributed by atoms with van der Waals surface area (Å²) in [4.78, 5) is 38.1. The molecule has 0 aliphatic carbocycles. The number of hydrogen-bond donors (Lipinski definition) is 0. The van der Waals surface area contributed by atoms with Gasteiger partial charge >= 0.3 is 17.9 Å². The Morgan fingerprint density at radius 3 is 0.743 bits per heavy atom. The molecule has 6 nitrogen and oxygen atoms in total. The number of carbonyl (C=O) groups excluding carboxylic acids is 3. The summed E-state index contributed by atoms with van der Waals surface area (Å²) in [5.74, 6) is -0.861. The molecule has 0 fully saturated rings. The fourth-order valence-corrected chi connectivity index (χ4v) is 9.62. The fourth-order valence-electron chi connectivity index (χ4n) is 9.62. The van der Waals surface area contributed by atoms with Crippen molar-refractivity contribution in [1.82, 2.24) is 0 Å². The zero-order chi connectivity index (χ0) is 53.6. The summed E-state index contributed by atoms with van der Waals surface area (Å²) in [7, 11) is 0. The third kappa shape index (κ3) is 60.2. The van der Waals surface area contributed by atoms with Crippen LogP contribution in [-0.4, -0.2) is 37.2 Å². The lowest BCUT2D eigenvalue weighted by atomic mass is 10.0. The summed E-state index contributed by atoms with van der Waals surface area (Å²) in [5, 5.41) is 0. The zero-order valence-electron chi connectivity index (χ0n) is 49.6. The van der Waals surface area contributed by atoms with Crippen LogP contribution in [0.1, 0.15) is 348 Å². The highest BCUT2D eigenvalue weighted by Crippen LogP contribution is 2.17. The first-order valence-electron chi connectivity index (χ1n) is 32.6. The van der Waals surface area contributed by atoms with Crippen LogP contribution in [0, 0.1) is 0 Å². The van der Waals surface area contributed by atoms with Gasteiger partial charge in [-0.1, -0.05) is 294 Å². The van der Waals surface area contributed by atoms with Crippen molar-refractivity contribution in [1.29, 1.82) is 0 Å². The lowest BCUT2D eigenvalue weighted by molar-refractivity contribution is -0.167. The monoisotopic (exact) mass is 1040 g/mol. The predicted molar refractivity (Wildman–Crippen MR) is 321 cm³/mol. The smallest absolute Gasteiger partial charge is 0.306 e. The van der Waals surface area contributed by atoms with Crippen molar-refractivity contribution in [2.45, 2.75) is 354 Å². The molecule has 0 aromatic rings. The van der Waals surface area contributed by atoms with Gasteiger partial charge < -0.3 is 14.2 Å². The highest BCUT2D eigenvalue weighted by atomic mass is 16.6. The first kappa shape index (κ1) is 71.4. The molecular formula is C68H124O6. The second-order valence-electron chi connectivity index (χ2n) is 22.0. The van der Waals surface area contributed by atoms with Gasteiger partial charge in [0.05, 0.1) is 0 Å². The quantitative estimate of drug-likeness (QED) is 0.0261. The van der Waals surface area contributed by atoms with E-state index in [2.05, 4.69) is 69.4 Å². The van der Waals surface area contributed by atoms with Crippen LogP contribution in [0.3, 0.4) is 0 Å². The molecule has 0 radical (unpaired) electrons. The largest absolute Gasteiger partial charge is 0.462 e. The maximum Gasteiger partial charge on any atom is 0.306 e. The molecule has 0 bridgehead atoms. The molecule has 6 heteroatoms. The number of esters is 3. The number of allylic oxidation sites excluding steroid dienone is 8.